The van der Waals surface area contributed by atoms with Crippen LogP contribution in [0.2, 0.25) is 0 Å². The average molecular weight is 278 g/mol. The summed E-state index contributed by atoms with van der Waals surface area (Å²) >= 11 is 0. The first-order chi connectivity index (χ1) is 8.86. The number of aryl methyl sites for hydroxylation is 1. The van der Waals surface area contributed by atoms with E-state index >= 15 is 0 Å². The third kappa shape index (κ3) is 3.23. The lowest BCUT2D eigenvalue weighted by Gasteiger charge is -2.09. The van der Waals surface area contributed by atoms with Gasteiger partial charge in [-0.1, -0.05) is 0 Å². The van der Waals surface area contributed by atoms with Gasteiger partial charge in [0.2, 0.25) is 0 Å². The number of pyridine rings is 1. The maximum Gasteiger partial charge on any atom is 0.175 e. The molecule has 0 saturated carbocycles. The van der Waals surface area contributed by atoms with Gasteiger partial charge in [0.25, 0.3) is 0 Å². The standard InChI is InChI=1S/C13H14N2O3S/c1-9-3-4-10(8-15-9)18-13-6-5-11(7-12(13)14)19(2,16)17/h3-8H,14H2,1-2H3. The van der Waals surface area contributed by atoms with Crippen molar-refractivity contribution < 1.29 is 13.2 Å². The smallest absolute Gasteiger partial charge is 0.175 e. The van der Waals surface area contributed by atoms with Crippen molar-refractivity contribution in [3.05, 3.63) is 42.2 Å². The fourth-order valence-corrected chi connectivity index (χ4v) is 2.15. The van der Waals surface area contributed by atoms with Gasteiger partial charge in [-0.25, -0.2) is 8.42 Å². The number of benzene rings is 1. The van der Waals surface area contributed by atoms with E-state index in [0.29, 0.717) is 11.5 Å². The summed E-state index contributed by atoms with van der Waals surface area (Å²) in [5.41, 5.74) is 6.94. The summed E-state index contributed by atoms with van der Waals surface area (Å²) in [6.07, 6.45) is 2.71. The molecule has 100 valence electrons. The van der Waals surface area contributed by atoms with E-state index in [9.17, 15) is 8.42 Å². The molecule has 5 nitrogen and oxygen atoms in total. The van der Waals surface area contributed by atoms with Crippen LogP contribution in [0.4, 0.5) is 5.69 Å². The highest BCUT2D eigenvalue weighted by molar-refractivity contribution is 7.90. The van der Waals surface area contributed by atoms with Crippen LogP contribution in [-0.4, -0.2) is 19.7 Å². The summed E-state index contributed by atoms with van der Waals surface area (Å²) in [4.78, 5) is 4.27. The van der Waals surface area contributed by atoms with Gasteiger partial charge < -0.3 is 10.5 Å². The van der Waals surface area contributed by atoms with Gasteiger partial charge in [-0.3, -0.25) is 4.98 Å². The van der Waals surface area contributed by atoms with Crippen molar-refractivity contribution in [2.75, 3.05) is 12.0 Å². The first-order valence-corrected chi connectivity index (χ1v) is 7.45. The molecule has 0 aliphatic heterocycles. The molecule has 1 aromatic carbocycles. The Balaban J connectivity index is 2.29. The average Bonchev–Trinajstić information content (AvgIpc) is 2.33. The number of nitrogens with zero attached hydrogens (tertiary/aromatic N) is 1. The second kappa shape index (κ2) is 4.89. The Morgan fingerprint density at radius 3 is 2.47 bits per heavy atom. The minimum atomic E-state index is -3.27. The van der Waals surface area contributed by atoms with Crippen LogP contribution in [0.1, 0.15) is 5.69 Å². The molecule has 0 spiro atoms. The molecular weight excluding hydrogens is 264 g/mol. The number of nitrogen functional groups attached to an aromatic ring is 1. The van der Waals surface area contributed by atoms with Crippen LogP contribution in [0.25, 0.3) is 0 Å². The van der Waals surface area contributed by atoms with Crippen molar-refractivity contribution in [2.45, 2.75) is 11.8 Å². The zero-order valence-electron chi connectivity index (χ0n) is 10.6. The van der Waals surface area contributed by atoms with E-state index < -0.39 is 9.84 Å². The number of sulfone groups is 1. The molecule has 2 N–H and O–H groups in total. The quantitative estimate of drug-likeness (QED) is 0.870. The Morgan fingerprint density at radius 1 is 1.21 bits per heavy atom. The maximum absolute atomic E-state index is 11.4. The van der Waals surface area contributed by atoms with Crippen LogP contribution < -0.4 is 10.5 Å². The van der Waals surface area contributed by atoms with Crippen molar-refractivity contribution >= 4 is 15.5 Å². The Bertz CT molecular complexity index is 694. The zero-order valence-corrected chi connectivity index (χ0v) is 11.4. The van der Waals surface area contributed by atoms with E-state index in [4.69, 9.17) is 10.5 Å². The Morgan fingerprint density at radius 2 is 1.95 bits per heavy atom. The monoisotopic (exact) mass is 278 g/mol. The maximum atomic E-state index is 11.4. The van der Waals surface area contributed by atoms with Crippen molar-refractivity contribution in [2.24, 2.45) is 0 Å². The number of hydrogen-bond donors (Lipinski definition) is 1. The SMILES string of the molecule is Cc1ccc(Oc2ccc(S(C)(=O)=O)cc2N)cn1. The van der Waals surface area contributed by atoms with Gasteiger partial charge in [0.05, 0.1) is 16.8 Å². The fraction of sp³-hybridized carbons (Fsp3) is 0.154. The number of anilines is 1. The Kier molecular flexibility index (Phi) is 3.44. The summed E-state index contributed by atoms with van der Waals surface area (Å²) in [6, 6.07) is 7.96. The van der Waals surface area contributed by atoms with Crippen molar-refractivity contribution in [1.82, 2.24) is 4.98 Å². The molecule has 2 rings (SSSR count). The minimum absolute atomic E-state index is 0.166. The molecule has 19 heavy (non-hydrogen) atoms. The van der Waals surface area contributed by atoms with Crippen LogP contribution in [0.3, 0.4) is 0 Å². The van der Waals surface area contributed by atoms with Crippen LogP contribution >= 0.6 is 0 Å². The molecule has 6 heteroatoms. The molecule has 0 aliphatic carbocycles. The highest BCUT2D eigenvalue weighted by atomic mass is 32.2. The van der Waals surface area contributed by atoms with Crippen LogP contribution in [0.5, 0.6) is 11.5 Å². The molecule has 0 aliphatic rings. The first kappa shape index (κ1) is 13.4. The van der Waals surface area contributed by atoms with Crippen LogP contribution in [0.15, 0.2) is 41.4 Å². The van der Waals surface area contributed by atoms with Crippen LogP contribution in [0, 0.1) is 6.92 Å². The molecule has 0 unspecified atom stereocenters. The summed E-state index contributed by atoms with van der Waals surface area (Å²) in [6.45, 7) is 1.87. The molecule has 0 amide bonds. The van der Waals surface area contributed by atoms with Gasteiger partial charge in [0.15, 0.2) is 9.84 Å². The third-order valence-electron chi connectivity index (χ3n) is 2.52. The predicted octanol–water partition coefficient (Wildman–Crippen LogP) is 2.17. The summed E-state index contributed by atoms with van der Waals surface area (Å²) < 4.78 is 28.3. The second-order valence-corrected chi connectivity index (χ2v) is 6.22. The predicted molar refractivity (Wildman–Crippen MR) is 73.0 cm³/mol. The first-order valence-electron chi connectivity index (χ1n) is 5.56. The normalized spacial score (nSPS) is 11.3. The van der Waals surface area contributed by atoms with Crippen molar-refractivity contribution in [3.63, 3.8) is 0 Å². The molecule has 0 radical (unpaired) electrons. The van der Waals surface area contributed by atoms with E-state index in [1.54, 1.807) is 12.3 Å². The lowest BCUT2D eigenvalue weighted by molar-refractivity contribution is 0.482. The number of ether oxygens (including phenoxy) is 1. The number of aromatic nitrogens is 1. The van der Waals surface area contributed by atoms with E-state index in [2.05, 4.69) is 4.98 Å². The van der Waals surface area contributed by atoms with Gasteiger partial charge >= 0.3 is 0 Å². The van der Waals surface area contributed by atoms with Crippen molar-refractivity contribution in [1.29, 1.82) is 0 Å². The zero-order chi connectivity index (χ0) is 14.0. The number of hydrogen-bond acceptors (Lipinski definition) is 5. The van der Waals surface area contributed by atoms with Gasteiger partial charge in [0, 0.05) is 11.9 Å². The van der Waals surface area contributed by atoms with Crippen molar-refractivity contribution in [3.8, 4) is 11.5 Å². The minimum Gasteiger partial charge on any atom is -0.454 e. The van der Waals surface area contributed by atoms with E-state index in [1.807, 2.05) is 13.0 Å². The Hall–Kier alpha value is -2.08. The molecule has 0 bridgehead atoms. The highest BCUT2D eigenvalue weighted by Gasteiger charge is 2.10. The third-order valence-corrected chi connectivity index (χ3v) is 3.63. The lowest BCUT2D eigenvalue weighted by Crippen LogP contribution is -2.00. The molecule has 2 aromatic rings. The molecule has 1 heterocycles. The van der Waals surface area contributed by atoms with Gasteiger partial charge in [-0.05, 0) is 37.3 Å². The molecule has 1 aromatic heterocycles. The molecule has 0 fully saturated rings. The Labute approximate surface area is 112 Å². The summed E-state index contributed by atoms with van der Waals surface area (Å²) in [5, 5.41) is 0. The van der Waals surface area contributed by atoms with E-state index in [0.717, 1.165) is 11.9 Å². The molecular formula is C13H14N2O3S. The number of nitrogens with two attached hydrogens (primary N) is 1. The van der Waals surface area contributed by atoms with Gasteiger partial charge in [-0.2, -0.15) is 0 Å². The van der Waals surface area contributed by atoms with Gasteiger partial charge in [-0.15, -0.1) is 0 Å². The van der Waals surface area contributed by atoms with Gasteiger partial charge in [0.1, 0.15) is 11.5 Å². The van der Waals surface area contributed by atoms with E-state index in [-0.39, 0.29) is 10.6 Å². The van der Waals surface area contributed by atoms with Crippen LogP contribution in [-0.2, 0) is 9.84 Å². The topological polar surface area (TPSA) is 82.3 Å². The lowest BCUT2D eigenvalue weighted by atomic mass is 10.3. The summed E-state index contributed by atoms with van der Waals surface area (Å²) in [7, 11) is -3.27. The molecule has 0 atom stereocenters. The largest absolute Gasteiger partial charge is 0.454 e. The number of rotatable bonds is 3. The van der Waals surface area contributed by atoms with E-state index in [1.165, 1.54) is 18.2 Å². The highest BCUT2D eigenvalue weighted by Crippen LogP contribution is 2.29. The summed E-state index contributed by atoms with van der Waals surface area (Å²) in [5.74, 6) is 0.947. The fourth-order valence-electron chi connectivity index (χ4n) is 1.49. The second-order valence-electron chi connectivity index (χ2n) is 4.21. The molecule has 0 saturated heterocycles.